The fraction of sp³-hybridized carbons (Fsp3) is 0.333. The lowest BCUT2D eigenvalue weighted by Gasteiger charge is -2.06. The molecule has 14 heavy (non-hydrogen) atoms. The minimum atomic E-state index is -2.66. The van der Waals surface area contributed by atoms with Crippen LogP contribution in [0.15, 0.2) is 12.1 Å². The van der Waals surface area contributed by atoms with Crippen molar-refractivity contribution < 1.29 is 8.78 Å². The molecule has 0 spiro atoms. The number of nitrogens with zero attached hydrogens (tertiary/aromatic N) is 2. The summed E-state index contributed by atoms with van der Waals surface area (Å²) in [6, 6.07) is 4.84. The highest BCUT2D eigenvalue weighted by molar-refractivity contribution is 5.26. The number of hydrogen-bond acceptors (Lipinski definition) is 3. The number of nitrogens with two attached hydrogens (primary N) is 1. The minimum Gasteiger partial charge on any atom is -0.325 e. The van der Waals surface area contributed by atoms with E-state index in [0.29, 0.717) is 5.69 Å². The Balaban J connectivity index is 3.11. The highest BCUT2D eigenvalue weighted by atomic mass is 19.3. The lowest BCUT2D eigenvalue weighted by Crippen LogP contribution is -2.05. The zero-order valence-electron chi connectivity index (χ0n) is 7.37. The van der Waals surface area contributed by atoms with Gasteiger partial charge < -0.3 is 5.73 Å². The third-order valence-electron chi connectivity index (χ3n) is 1.76. The zero-order valence-corrected chi connectivity index (χ0v) is 7.37. The lowest BCUT2D eigenvalue weighted by atomic mass is 10.1. The van der Waals surface area contributed by atoms with E-state index in [1.54, 1.807) is 6.07 Å². The van der Waals surface area contributed by atoms with Crippen molar-refractivity contribution in [1.82, 2.24) is 4.98 Å². The molecule has 5 heteroatoms. The van der Waals surface area contributed by atoms with Gasteiger partial charge in [-0.25, -0.2) is 8.78 Å². The van der Waals surface area contributed by atoms with E-state index in [9.17, 15) is 8.78 Å². The van der Waals surface area contributed by atoms with Crippen molar-refractivity contribution in [3.05, 3.63) is 29.1 Å². The second-order valence-electron chi connectivity index (χ2n) is 2.69. The molecule has 0 aliphatic heterocycles. The molecular weight excluding hydrogens is 188 g/mol. The molecule has 0 atom stereocenters. The van der Waals surface area contributed by atoms with Gasteiger partial charge in [-0.3, -0.25) is 4.98 Å². The summed E-state index contributed by atoms with van der Waals surface area (Å²) in [4.78, 5) is 3.68. The number of nitriles is 1. The van der Waals surface area contributed by atoms with Crippen LogP contribution in [0.3, 0.4) is 0 Å². The minimum absolute atomic E-state index is 0.0580. The monoisotopic (exact) mass is 197 g/mol. The van der Waals surface area contributed by atoms with Crippen LogP contribution in [-0.2, 0) is 13.0 Å². The van der Waals surface area contributed by atoms with Crippen molar-refractivity contribution in [2.24, 2.45) is 5.73 Å². The Kier molecular flexibility index (Phi) is 3.48. The van der Waals surface area contributed by atoms with Gasteiger partial charge in [0.2, 0.25) is 0 Å². The van der Waals surface area contributed by atoms with Crippen molar-refractivity contribution in [3.63, 3.8) is 0 Å². The van der Waals surface area contributed by atoms with Crippen molar-refractivity contribution >= 4 is 0 Å². The summed E-state index contributed by atoms with van der Waals surface area (Å²) in [6.45, 7) is 0.118. The number of halogens is 2. The molecule has 1 heterocycles. The molecule has 74 valence electrons. The van der Waals surface area contributed by atoms with Gasteiger partial charge >= 0.3 is 0 Å². The summed E-state index contributed by atoms with van der Waals surface area (Å²) in [6.07, 6.45) is -2.72. The van der Waals surface area contributed by atoms with Crippen LogP contribution in [0.5, 0.6) is 0 Å². The normalized spacial score (nSPS) is 10.2. The van der Waals surface area contributed by atoms with E-state index < -0.39 is 6.43 Å². The maximum absolute atomic E-state index is 12.5. The molecule has 0 fully saturated rings. The Morgan fingerprint density at radius 3 is 2.71 bits per heavy atom. The molecule has 0 saturated carbocycles. The summed E-state index contributed by atoms with van der Waals surface area (Å²) in [5.74, 6) is 0. The van der Waals surface area contributed by atoms with Gasteiger partial charge in [-0.2, -0.15) is 5.26 Å². The van der Waals surface area contributed by atoms with Crippen LogP contribution in [0.25, 0.3) is 0 Å². The van der Waals surface area contributed by atoms with Crippen LogP contribution < -0.4 is 5.73 Å². The second-order valence-corrected chi connectivity index (χ2v) is 2.69. The molecule has 0 amide bonds. The van der Waals surface area contributed by atoms with E-state index in [1.807, 2.05) is 6.07 Å². The molecule has 0 unspecified atom stereocenters. The maximum atomic E-state index is 12.5. The van der Waals surface area contributed by atoms with Gasteiger partial charge in [0.05, 0.1) is 18.2 Å². The summed E-state index contributed by atoms with van der Waals surface area (Å²) in [5, 5.41) is 8.41. The van der Waals surface area contributed by atoms with E-state index in [2.05, 4.69) is 4.98 Å². The quantitative estimate of drug-likeness (QED) is 0.799. The Morgan fingerprint density at radius 2 is 2.21 bits per heavy atom. The molecule has 0 aromatic carbocycles. The first kappa shape index (κ1) is 10.5. The Hall–Kier alpha value is -1.54. The first-order valence-electron chi connectivity index (χ1n) is 4.03. The van der Waals surface area contributed by atoms with Crippen LogP contribution >= 0.6 is 0 Å². The maximum Gasteiger partial charge on any atom is 0.280 e. The van der Waals surface area contributed by atoms with Gasteiger partial charge in [-0.05, 0) is 11.6 Å². The second kappa shape index (κ2) is 4.63. The van der Waals surface area contributed by atoms with E-state index in [4.69, 9.17) is 11.0 Å². The van der Waals surface area contributed by atoms with E-state index in [0.717, 1.165) is 0 Å². The average molecular weight is 197 g/mol. The Bertz CT molecular complexity index is 358. The number of aromatic nitrogens is 1. The third kappa shape index (κ3) is 2.24. The number of pyridine rings is 1. The Morgan fingerprint density at radius 1 is 1.50 bits per heavy atom. The first-order valence-corrected chi connectivity index (χ1v) is 4.03. The van der Waals surface area contributed by atoms with Gasteiger partial charge in [-0.15, -0.1) is 0 Å². The van der Waals surface area contributed by atoms with Crippen molar-refractivity contribution in [3.8, 4) is 6.07 Å². The molecule has 0 radical (unpaired) electrons. The lowest BCUT2D eigenvalue weighted by molar-refractivity contribution is 0.144. The molecule has 3 nitrogen and oxygen atoms in total. The zero-order chi connectivity index (χ0) is 10.6. The van der Waals surface area contributed by atoms with Crippen LogP contribution in [0.1, 0.15) is 23.4 Å². The smallest absolute Gasteiger partial charge is 0.280 e. The fourth-order valence-electron chi connectivity index (χ4n) is 1.08. The van der Waals surface area contributed by atoms with E-state index in [-0.39, 0.29) is 24.2 Å². The predicted molar refractivity (Wildman–Crippen MR) is 46.4 cm³/mol. The molecular formula is C9H9F2N3. The van der Waals surface area contributed by atoms with Gasteiger partial charge in [-0.1, -0.05) is 6.07 Å². The van der Waals surface area contributed by atoms with Crippen LogP contribution in [0.2, 0.25) is 0 Å². The number of hydrogen-bond donors (Lipinski definition) is 1. The van der Waals surface area contributed by atoms with Gasteiger partial charge in [0.15, 0.2) is 0 Å². The van der Waals surface area contributed by atoms with E-state index >= 15 is 0 Å². The van der Waals surface area contributed by atoms with Gasteiger partial charge in [0.25, 0.3) is 6.43 Å². The van der Waals surface area contributed by atoms with E-state index in [1.165, 1.54) is 6.07 Å². The topological polar surface area (TPSA) is 62.7 Å². The molecule has 0 aliphatic rings. The van der Waals surface area contributed by atoms with Crippen molar-refractivity contribution in [1.29, 1.82) is 5.26 Å². The standard InChI is InChI=1S/C9H9F2N3/c10-9(11)8-6(3-4-12)1-2-7(5-13)14-8/h1-2,9H,3,5,13H2. The highest BCUT2D eigenvalue weighted by Crippen LogP contribution is 2.21. The van der Waals surface area contributed by atoms with Gasteiger partial charge in [0, 0.05) is 6.54 Å². The molecule has 0 saturated heterocycles. The van der Waals surface area contributed by atoms with Crippen LogP contribution in [0.4, 0.5) is 8.78 Å². The van der Waals surface area contributed by atoms with Crippen LogP contribution in [-0.4, -0.2) is 4.98 Å². The molecule has 1 aromatic rings. The van der Waals surface area contributed by atoms with Gasteiger partial charge in [0.1, 0.15) is 5.69 Å². The summed E-state index contributed by atoms with van der Waals surface area (Å²) >= 11 is 0. The first-order chi connectivity index (χ1) is 6.69. The predicted octanol–water partition coefficient (Wildman–Crippen LogP) is 1.54. The highest BCUT2D eigenvalue weighted by Gasteiger charge is 2.14. The van der Waals surface area contributed by atoms with Crippen molar-refractivity contribution in [2.75, 3.05) is 0 Å². The SMILES string of the molecule is N#CCc1ccc(CN)nc1C(F)F. The molecule has 2 N–H and O–H groups in total. The summed E-state index contributed by atoms with van der Waals surface area (Å²) < 4.78 is 24.9. The summed E-state index contributed by atoms with van der Waals surface area (Å²) in [7, 11) is 0. The molecule has 1 rings (SSSR count). The third-order valence-corrected chi connectivity index (χ3v) is 1.76. The average Bonchev–Trinajstić information content (AvgIpc) is 2.18. The van der Waals surface area contributed by atoms with Crippen LogP contribution in [0, 0.1) is 11.3 Å². The van der Waals surface area contributed by atoms with Crippen molar-refractivity contribution in [2.45, 2.75) is 19.4 Å². The molecule has 1 aromatic heterocycles. The molecule has 0 aliphatic carbocycles. The number of rotatable bonds is 3. The largest absolute Gasteiger partial charge is 0.325 e. The fourth-order valence-corrected chi connectivity index (χ4v) is 1.08. The summed E-state index contributed by atoms with van der Waals surface area (Å²) in [5.41, 5.74) is 5.60. The Labute approximate surface area is 80.2 Å². The number of alkyl halides is 2. The molecule has 0 bridgehead atoms.